The lowest BCUT2D eigenvalue weighted by atomic mass is 9.65. The highest BCUT2D eigenvalue weighted by molar-refractivity contribution is 6.30. The Bertz CT molecular complexity index is 1240. The van der Waals surface area contributed by atoms with Crippen LogP contribution in [0, 0.1) is 17.8 Å². The molecule has 4 aliphatic rings. The number of fused-ring (bicyclic) bond motifs is 3. The van der Waals surface area contributed by atoms with Crippen molar-refractivity contribution in [2.45, 2.75) is 75.4 Å². The van der Waals surface area contributed by atoms with E-state index in [9.17, 15) is 9.90 Å². The average Bonchev–Trinajstić information content (AvgIpc) is 3.10. The van der Waals surface area contributed by atoms with Crippen molar-refractivity contribution in [3.05, 3.63) is 58.1 Å². The molecule has 1 N–H and O–H groups in total. The van der Waals surface area contributed by atoms with Gasteiger partial charge in [-0.15, -0.1) is 0 Å². The monoisotopic (exact) mass is 567 g/mol. The van der Waals surface area contributed by atoms with Gasteiger partial charge in [-0.3, -0.25) is 0 Å². The van der Waals surface area contributed by atoms with Gasteiger partial charge in [0.2, 0.25) is 0 Å². The minimum absolute atomic E-state index is 0.157. The smallest absolute Gasteiger partial charge is 0.337 e. The molecule has 1 aliphatic heterocycles. The number of nitrogens with zero attached hydrogens (tertiary/aromatic N) is 1. The molecular formula is C33H42ClNO5. The number of aliphatic hydroxyl groups is 1. The first-order valence-corrected chi connectivity index (χ1v) is 15.4. The minimum Gasteiger partial charge on any atom is -0.490 e. The highest BCUT2D eigenvalue weighted by Gasteiger charge is 2.46. The molecule has 6 rings (SSSR count). The van der Waals surface area contributed by atoms with Crippen molar-refractivity contribution >= 4 is 23.3 Å². The molecule has 0 amide bonds. The van der Waals surface area contributed by atoms with Crippen LogP contribution in [0.4, 0.5) is 5.69 Å². The fraction of sp³-hybridized carbons (Fsp3) is 0.606. The predicted molar refractivity (Wildman–Crippen MR) is 157 cm³/mol. The Balaban J connectivity index is 1.33. The number of methoxy groups -OCH3 is 2. The van der Waals surface area contributed by atoms with Crippen molar-refractivity contribution in [3.8, 4) is 5.75 Å². The number of anilines is 1. The van der Waals surface area contributed by atoms with Crippen LogP contribution in [-0.4, -0.2) is 57.2 Å². The molecule has 0 radical (unpaired) electrons. The number of hydrogen-bond acceptors (Lipinski definition) is 6. The molecule has 2 aromatic carbocycles. The third-order valence-electron chi connectivity index (χ3n) is 10.2. The first-order chi connectivity index (χ1) is 19.4. The molecular weight excluding hydrogens is 526 g/mol. The zero-order valence-corrected chi connectivity index (χ0v) is 24.5. The van der Waals surface area contributed by atoms with Crippen LogP contribution < -0.4 is 9.64 Å². The van der Waals surface area contributed by atoms with E-state index < -0.39 is 0 Å². The zero-order valence-electron chi connectivity index (χ0n) is 23.7. The van der Waals surface area contributed by atoms with E-state index in [-0.39, 0.29) is 23.6 Å². The van der Waals surface area contributed by atoms with E-state index in [4.69, 9.17) is 25.8 Å². The summed E-state index contributed by atoms with van der Waals surface area (Å²) in [4.78, 5) is 15.0. The number of hydrogen-bond donors (Lipinski definition) is 1. The van der Waals surface area contributed by atoms with Gasteiger partial charge in [0.05, 0.1) is 37.2 Å². The summed E-state index contributed by atoms with van der Waals surface area (Å²) in [5.74, 6) is 1.83. The highest BCUT2D eigenvalue weighted by Crippen LogP contribution is 2.48. The van der Waals surface area contributed by atoms with Crippen LogP contribution in [0.15, 0.2) is 36.4 Å². The number of carbonyl (C=O) groups is 1. The normalized spacial score (nSPS) is 30.4. The maximum atomic E-state index is 12.5. The Labute approximate surface area is 242 Å². The third kappa shape index (κ3) is 5.23. The second-order valence-corrected chi connectivity index (χ2v) is 13.0. The molecule has 0 unspecified atom stereocenters. The highest BCUT2D eigenvalue weighted by atomic mass is 35.5. The van der Waals surface area contributed by atoms with Gasteiger partial charge in [0.25, 0.3) is 0 Å². The number of aryl methyl sites for hydroxylation is 1. The molecule has 3 aliphatic carbocycles. The van der Waals surface area contributed by atoms with Crippen molar-refractivity contribution in [1.29, 1.82) is 0 Å². The maximum Gasteiger partial charge on any atom is 0.337 e. The van der Waals surface area contributed by atoms with Crippen LogP contribution in [0.1, 0.15) is 72.9 Å². The maximum absolute atomic E-state index is 12.5. The molecule has 7 heteroatoms. The molecule has 6 nitrogen and oxygen atoms in total. The standard InChI is InChI=1S/C33H42ClNO5/c1-38-31(22-5-3-7-26(36)16-22)27-11-8-24(27)18-35-19-33(14-4-6-21-15-25(34)10-12-28(21)33)20-40-30-13-9-23(17-29(30)35)32(37)39-2/h9-10,12-13,15,17,22,24,26-27,31,36H,3-8,11,14,16,18-20H2,1-2H3/t22-,24+,26+,27-,31+,33+/m1/s1. The van der Waals surface area contributed by atoms with Crippen LogP contribution in [-0.2, 0) is 21.3 Å². The van der Waals surface area contributed by atoms with Gasteiger partial charge < -0.3 is 24.2 Å². The third-order valence-corrected chi connectivity index (χ3v) is 10.5. The van der Waals surface area contributed by atoms with Crippen molar-refractivity contribution in [3.63, 3.8) is 0 Å². The number of aliphatic hydroxyl groups excluding tert-OH is 1. The summed E-state index contributed by atoms with van der Waals surface area (Å²) in [6.07, 6.45) is 9.39. The lowest BCUT2D eigenvalue weighted by molar-refractivity contribution is -0.0721. The van der Waals surface area contributed by atoms with Crippen molar-refractivity contribution in [1.82, 2.24) is 0 Å². The molecule has 0 aromatic heterocycles. The fourth-order valence-electron chi connectivity index (χ4n) is 8.11. The molecule has 2 saturated carbocycles. The first-order valence-electron chi connectivity index (χ1n) is 15.0. The Hall–Kier alpha value is -2.28. The molecule has 1 spiro atoms. The van der Waals surface area contributed by atoms with E-state index in [0.29, 0.717) is 29.9 Å². The Morgan fingerprint density at radius 1 is 1.15 bits per heavy atom. The van der Waals surface area contributed by atoms with E-state index in [1.54, 1.807) is 6.07 Å². The summed E-state index contributed by atoms with van der Waals surface area (Å²) >= 11 is 6.41. The molecule has 0 saturated heterocycles. The topological polar surface area (TPSA) is 68.2 Å². The number of benzene rings is 2. The molecule has 216 valence electrons. The van der Waals surface area contributed by atoms with Crippen LogP contribution in [0.2, 0.25) is 5.02 Å². The summed E-state index contributed by atoms with van der Waals surface area (Å²) in [6, 6.07) is 12.0. The summed E-state index contributed by atoms with van der Waals surface area (Å²) in [5, 5.41) is 11.2. The van der Waals surface area contributed by atoms with Gasteiger partial charge in [0.1, 0.15) is 5.75 Å². The number of ether oxygens (including phenoxy) is 3. The number of halogens is 1. The van der Waals surface area contributed by atoms with E-state index in [0.717, 1.165) is 87.3 Å². The van der Waals surface area contributed by atoms with Gasteiger partial charge in [0.15, 0.2) is 0 Å². The van der Waals surface area contributed by atoms with Crippen LogP contribution in [0.3, 0.4) is 0 Å². The van der Waals surface area contributed by atoms with Gasteiger partial charge in [0, 0.05) is 30.6 Å². The molecule has 2 fully saturated rings. The Morgan fingerprint density at radius 3 is 2.77 bits per heavy atom. The van der Waals surface area contributed by atoms with Crippen molar-refractivity contribution < 1.29 is 24.1 Å². The Kier molecular flexibility index (Phi) is 8.04. The number of carbonyl (C=O) groups excluding carboxylic acids is 1. The van der Waals surface area contributed by atoms with Gasteiger partial charge in [-0.05, 0) is 111 Å². The molecule has 2 aromatic rings. The molecule has 0 bridgehead atoms. The average molecular weight is 568 g/mol. The van der Waals surface area contributed by atoms with E-state index in [1.807, 2.05) is 25.3 Å². The lowest BCUT2D eigenvalue weighted by Gasteiger charge is -2.48. The number of esters is 1. The summed E-state index contributed by atoms with van der Waals surface area (Å²) < 4.78 is 17.8. The zero-order chi connectivity index (χ0) is 27.9. The molecule has 1 heterocycles. The summed E-state index contributed by atoms with van der Waals surface area (Å²) in [7, 11) is 3.27. The summed E-state index contributed by atoms with van der Waals surface area (Å²) in [6.45, 7) is 2.30. The van der Waals surface area contributed by atoms with Crippen molar-refractivity contribution in [2.75, 3.05) is 38.8 Å². The van der Waals surface area contributed by atoms with Crippen molar-refractivity contribution in [2.24, 2.45) is 17.8 Å². The largest absolute Gasteiger partial charge is 0.490 e. The minimum atomic E-state index is -0.337. The van der Waals surface area contributed by atoms with E-state index in [1.165, 1.54) is 18.2 Å². The van der Waals surface area contributed by atoms with Crippen LogP contribution >= 0.6 is 11.6 Å². The summed E-state index contributed by atoms with van der Waals surface area (Å²) in [5.41, 5.74) is 4.01. The SMILES string of the molecule is COC(=O)c1ccc2c(c1)N(C[C@@H]1CC[C@H]1[C@@H](OC)[C@@H]1CCC[C@H](O)C1)C[C@@]1(CCCc3cc(Cl)ccc31)CO2. The second-order valence-electron chi connectivity index (χ2n) is 12.6. The molecule has 40 heavy (non-hydrogen) atoms. The first kappa shape index (κ1) is 27.9. The Morgan fingerprint density at radius 2 is 2.02 bits per heavy atom. The lowest BCUT2D eigenvalue weighted by Crippen LogP contribution is -2.51. The van der Waals surface area contributed by atoms with E-state index >= 15 is 0 Å². The van der Waals surface area contributed by atoms with E-state index in [2.05, 4.69) is 17.0 Å². The number of rotatable bonds is 6. The van der Waals surface area contributed by atoms with Crippen LogP contribution in [0.25, 0.3) is 0 Å². The van der Waals surface area contributed by atoms with Gasteiger partial charge in [-0.25, -0.2) is 4.79 Å². The fourth-order valence-corrected chi connectivity index (χ4v) is 8.31. The van der Waals surface area contributed by atoms with Gasteiger partial charge >= 0.3 is 5.97 Å². The molecule has 6 atom stereocenters. The van der Waals surface area contributed by atoms with Gasteiger partial charge in [-0.2, -0.15) is 0 Å². The predicted octanol–water partition coefficient (Wildman–Crippen LogP) is 6.19. The van der Waals surface area contributed by atoms with Gasteiger partial charge in [-0.1, -0.05) is 24.1 Å². The quantitative estimate of drug-likeness (QED) is 0.420. The second kappa shape index (κ2) is 11.5. The van der Waals surface area contributed by atoms with Crippen LogP contribution in [0.5, 0.6) is 5.75 Å².